The number of aromatic nitrogens is 2. The number of sulfone groups is 1. The standard InChI is InChI=1S/C26H23FN4O5S/c1-37(34,35)22-9-7-21(8-10-22)31(26(33)23-16-36-17-30-23)24(19-5-3-12-28-15-19)25(32)29-13-11-18-4-2-6-20(27)14-18/h2-10,12,14-17,24H,11,13H2,1H3,(H,29,32). The van der Waals surface area contributed by atoms with Crippen molar-refractivity contribution in [2.45, 2.75) is 17.4 Å². The van der Waals surface area contributed by atoms with E-state index in [9.17, 15) is 22.4 Å². The van der Waals surface area contributed by atoms with Crippen molar-refractivity contribution in [2.75, 3.05) is 17.7 Å². The molecule has 0 aliphatic carbocycles. The molecule has 4 aromatic rings. The first-order chi connectivity index (χ1) is 17.7. The number of nitrogens with one attached hydrogen (secondary N) is 1. The summed E-state index contributed by atoms with van der Waals surface area (Å²) in [7, 11) is -3.49. The molecule has 0 saturated heterocycles. The lowest BCUT2D eigenvalue weighted by Gasteiger charge is -2.30. The van der Waals surface area contributed by atoms with Gasteiger partial charge in [-0.15, -0.1) is 0 Å². The van der Waals surface area contributed by atoms with E-state index in [1.807, 2.05) is 0 Å². The van der Waals surface area contributed by atoms with Crippen LogP contribution in [-0.2, 0) is 21.1 Å². The van der Waals surface area contributed by atoms with Crippen molar-refractivity contribution in [2.24, 2.45) is 0 Å². The van der Waals surface area contributed by atoms with Gasteiger partial charge in [-0.3, -0.25) is 19.5 Å². The zero-order valence-corrected chi connectivity index (χ0v) is 20.6. The highest BCUT2D eigenvalue weighted by molar-refractivity contribution is 7.90. The van der Waals surface area contributed by atoms with Crippen LogP contribution >= 0.6 is 0 Å². The van der Waals surface area contributed by atoms with Crippen LogP contribution < -0.4 is 10.2 Å². The molecular weight excluding hydrogens is 499 g/mol. The Balaban J connectivity index is 1.71. The molecule has 0 radical (unpaired) electrons. The third-order valence-corrected chi connectivity index (χ3v) is 6.65. The van der Waals surface area contributed by atoms with Gasteiger partial charge in [0.05, 0.1) is 4.90 Å². The van der Waals surface area contributed by atoms with Gasteiger partial charge in [-0.2, -0.15) is 0 Å². The Labute approximate surface area is 212 Å². The maximum absolute atomic E-state index is 13.6. The van der Waals surface area contributed by atoms with Crippen LogP contribution in [0, 0.1) is 5.82 Å². The van der Waals surface area contributed by atoms with E-state index >= 15 is 0 Å². The SMILES string of the molecule is CS(=O)(=O)c1ccc(N(C(=O)c2cocn2)C(C(=O)NCCc2cccc(F)c2)c2cccnc2)cc1. The molecule has 2 aromatic carbocycles. The van der Waals surface area contributed by atoms with Crippen molar-refractivity contribution in [3.63, 3.8) is 0 Å². The molecule has 1 unspecified atom stereocenters. The molecule has 0 spiro atoms. The van der Waals surface area contributed by atoms with Crippen molar-refractivity contribution >= 4 is 27.3 Å². The molecule has 0 bridgehead atoms. The monoisotopic (exact) mass is 522 g/mol. The molecule has 2 heterocycles. The van der Waals surface area contributed by atoms with Gasteiger partial charge in [0.1, 0.15) is 18.1 Å². The molecule has 2 amide bonds. The zero-order chi connectivity index (χ0) is 26.4. The fourth-order valence-corrected chi connectivity index (χ4v) is 4.38. The molecule has 4 rings (SSSR count). The molecule has 9 nitrogen and oxygen atoms in total. The van der Waals surface area contributed by atoms with Crippen LogP contribution in [0.5, 0.6) is 0 Å². The Morgan fingerprint density at radius 2 is 1.89 bits per heavy atom. The van der Waals surface area contributed by atoms with Gasteiger partial charge in [-0.25, -0.2) is 17.8 Å². The van der Waals surface area contributed by atoms with Crippen molar-refractivity contribution in [1.29, 1.82) is 0 Å². The quantitative estimate of drug-likeness (QED) is 0.358. The average Bonchev–Trinajstić information content (AvgIpc) is 3.42. The number of hydrogen-bond donors (Lipinski definition) is 1. The summed E-state index contributed by atoms with van der Waals surface area (Å²) in [6, 6.07) is 13.8. The first kappa shape index (κ1) is 25.7. The van der Waals surface area contributed by atoms with E-state index < -0.39 is 27.7 Å². The number of anilines is 1. The topological polar surface area (TPSA) is 122 Å². The van der Waals surface area contributed by atoms with Crippen molar-refractivity contribution in [1.82, 2.24) is 15.3 Å². The van der Waals surface area contributed by atoms with Gasteiger partial charge in [0.15, 0.2) is 21.9 Å². The smallest absolute Gasteiger partial charge is 0.281 e. The summed E-state index contributed by atoms with van der Waals surface area (Å²) in [4.78, 5) is 36.4. The Kier molecular flexibility index (Phi) is 7.73. The summed E-state index contributed by atoms with van der Waals surface area (Å²) in [6.45, 7) is 0.179. The number of carbonyl (C=O) groups excluding carboxylic acids is 2. The second-order valence-corrected chi connectivity index (χ2v) is 10.2. The van der Waals surface area contributed by atoms with Crippen molar-refractivity contribution < 1.29 is 26.8 Å². The number of oxazole rings is 1. The highest BCUT2D eigenvalue weighted by Crippen LogP contribution is 2.30. The number of benzene rings is 2. The predicted octanol–water partition coefficient (Wildman–Crippen LogP) is 3.36. The summed E-state index contributed by atoms with van der Waals surface area (Å²) in [5.74, 6) is -1.54. The molecule has 0 fully saturated rings. The van der Waals surface area contributed by atoms with E-state index in [4.69, 9.17) is 4.42 Å². The fourth-order valence-electron chi connectivity index (χ4n) is 3.75. The van der Waals surface area contributed by atoms with Gasteiger partial charge in [-0.05, 0) is 54.4 Å². The molecule has 37 heavy (non-hydrogen) atoms. The van der Waals surface area contributed by atoms with E-state index in [2.05, 4.69) is 15.3 Å². The van der Waals surface area contributed by atoms with Crippen LogP contribution in [0.3, 0.4) is 0 Å². The Hall–Kier alpha value is -4.38. The molecular formula is C26H23FN4O5S. The zero-order valence-electron chi connectivity index (χ0n) is 19.7. The Morgan fingerprint density at radius 3 is 2.51 bits per heavy atom. The van der Waals surface area contributed by atoms with E-state index in [1.54, 1.807) is 24.3 Å². The van der Waals surface area contributed by atoms with Crippen LogP contribution in [0.1, 0.15) is 27.7 Å². The molecule has 0 saturated carbocycles. The van der Waals surface area contributed by atoms with Crippen molar-refractivity contribution in [3.05, 3.63) is 108 Å². The van der Waals surface area contributed by atoms with Crippen LogP contribution in [-0.4, -0.2) is 43.0 Å². The highest BCUT2D eigenvalue weighted by atomic mass is 32.2. The molecule has 11 heteroatoms. The minimum Gasteiger partial charge on any atom is -0.451 e. The number of pyridine rings is 1. The number of halogens is 1. The Morgan fingerprint density at radius 1 is 1.11 bits per heavy atom. The van der Waals surface area contributed by atoms with Gasteiger partial charge in [0.2, 0.25) is 5.91 Å². The van der Waals surface area contributed by atoms with Crippen LogP contribution in [0.25, 0.3) is 0 Å². The predicted molar refractivity (Wildman–Crippen MR) is 133 cm³/mol. The summed E-state index contributed by atoms with van der Waals surface area (Å²) < 4.78 is 42.4. The third-order valence-electron chi connectivity index (χ3n) is 5.52. The maximum atomic E-state index is 13.6. The molecule has 1 atom stereocenters. The summed E-state index contributed by atoms with van der Waals surface area (Å²) in [6.07, 6.45) is 6.69. The normalized spacial score (nSPS) is 12.1. The maximum Gasteiger partial charge on any atom is 0.281 e. The molecule has 0 aliphatic heterocycles. The average molecular weight is 523 g/mol. The number of amides is 2. The van der Waals surface area contributed by atoms with E-state index in [0.717, 1.165) is 18.9 Å². The first-order valence-electron chi connectivity index (χ1n) is 11.2. The second kappa shape index (κ2) is 11.1. The fraction of sp³-hybridized carbons (Fsp3) is 0.154. The third kappa shape index (κ3) is 6.25. The number of carbonyl (C=O) groups is 2. The second-order valence-electron chi connectivity index (χ2n) is 8.17. The summed E-state index contributed by atoms with van der Waals surface area (Å²) >= 11 is 0. The first-order valence-corrected chi connectivity index (χ1v) is 13.1. The number of rotatable bonds is 9. The lowest BCUT2D eigenvalue weighted by atomic mass is 10.0. The van der Waals surface area contributed by atoms with Crippen molar-refractivity contribution in [3.8, 4) is 0 Å². The Bertz CT molecular complexity index is 1480. The van der Waals surface area contributed by atoms with Crippen LogP contribution in [0.15, 0.2) is 95.0 Å². The number of hydrogen-bond acceptors (Lipinski definition) is 7. The van der Waals surface area contributed by atoms with E-state index in [0.29, 0.717) is 17.5 Å². The summed E-state index contributed by atoms with van der Waals surface area (Å²) in [5, 5.41) is 2.81. The minimum atomic E-state index is -3.49. The number of nitrogens with zero attached hydrogens (tertiary/aromatic N) is 3. The largest absolute Gasteiger partial charge is 0.451 e. The van der Waals surface area contributed by atoms with E-state index in [-0.39, 0.29) is 28.6 Å². The molecule has 0 aliphatic rings. The van der Waals surface area contributed by atoms with Gasteiger partial charge < -0.3 is 9.73 Å². The lowest BCUT2D eigenvalue weighted by Crippen LogP contribution is -2.44. The summed E-state index contributed by atoms with van der Waals surface area (Å²) in [5.41, 5.74) is 1.32. The van der Waals surface area contributed by atoms with Gasteiger partial charge >= 0.3 is 0 Å². The van der Waals surface area contributed by atoms with Gasteiger partial charge in [-0.1, -0.05) is 18.2 Å². The van der Waals surface area contributed by atoms with Crippen LogP contribution in [0.2, 0.25) is 0 Å². The van der Waals surface area contributed by atoms with Crippen LogP contribution in [0.4, 0.5) is 10.1 Å². The molecule has 2 aromatic heterocycles. The highest BCUT2D eigenvalue weighted by Gasteiger charge is 2.34. The van der Waals surface area contributed by atoms with E-state index in [1.165, 1.54) is 53.7 Å². The molecule has 190 valence electrons. The van der Waals surface area contributed by atoms with Gasteiger partial charge in [0, 0.05) is 36.4 Å². The van der Waals surface area contributed by atoms with Gasteiger partial charge in [0.25, 0.3) is 5.91 Å². The lowest BCUT2D eigenvalue weighted by molar-refractivity contribution is -0.122. The molecule has 1 N–H and O–H groups in total. The minimum absolute atomic E-state index is 0.0476.